The van der Waals surface area contributed by atoms with Gasteiger partial charge in [0.1, 0.15) is 0 Å². The molecule has 8 heteroatoms. The maximum Gasteiger partial charge on any atom is 0.269 e. The predicted octanol–water partition coefficient (Wildman–Crippen LogP) is 3.28. The van der Waals surface area contributed by atoms with Crippen LogP contribution in [-0.4, -0.2) is 46.1 Å². The third-order valence-corrected chi connectivity index (χ3v) is 4.90. The van der Waals surface area contributed by atoms with E-state index in [2.05, 4.69) is 19.9 Å². The van der Waals surface area contributed by atoms with Crippen molar-refractivity contribution in [2.24, 2.45) is 0 Å². The quantitative estimate of drug-likeness (QED) is 0.496. The summed E-state index contributed by atoms with van der Waals surface area (Å²) in [4.78, 5) is 19.4. The van der Waals surface area contributed by atoms with Gasteiger partial charge in [-0.15, -0.1) is 0 Å². The van der Waals surface area contributed by atoms with Crippen LogP contribution in [0.4, 0.5) is 11.4 Å². The van der Waals surface area contributed by atoms with Crippen molar-refractivity contribution in [1.29, 1.82) is 0 Å². The molecule has 1 fully saturated rings. The van der Waals surface area contributed by atoms with Crippen LogP contribution in [0.5, 0.6) is 0 Å². The van der Waals surface area contributed by atoms with E-state index in [4.69, 9.17) is 4.52 Å². The molecule has 1 aromatic heterocycles. The largest absolute Gasteiger partial charge is 0.369 e. The maximum atomic E-state index is 10.8. The minimum atomic E-state index is -0.378. The van der Waals surface area contributed by atoms with Crippen LogP contribution < -0.4 is 4.90 Å². The Bertz CT molecular complexity index is 962. The Labute approximate surface area is 162 Å². The minimum Gasteiger partial charge on any atom is -0.369 e. The molecule has 2 aromatic carbocycles. The molecule has 0 N–H and O–H groups in total. The smallest absolute Gasteiger partial charge is 0.269 e. The zero-order chi connectivity index (χ0) is 19.5. The molecule has 28 heavy (non-hydrogen) atoms. The Kier molecular flexibility index (Phi) is 5.03. The van der Waals surface area contributed by atoms with Crippen molar-refractivity contribution < 1.29 is 9.45 Å². The molecule has 4 rings (SSSR count). The lowest BCUT2D eigenvalue weighted by atomic mass is 10.1. The number of piperazine rings is 1. The second-order valence-electron chi connectivity index (χ2n) is 6.92. The number of rotatable bonds is 5. The van der Waals surface area contributed by atoms with E-state index in [1.165, 1.54) is 0 Å². The molecule has 0 radical (unpaired) electrons. The Morgan fingerprint density at radius 2 is 1.86 bits per heavy atom. The summed E-state index contributed by atoms with van der Waals surface area (Å²) in [5, 5.41) is 14.9. The number of aryl methyl sites for hydroxylation is 1. The van der Waals surface area contributed by atoms with Crippen LogP contribution in [-0.2, 0) is 6.54 Å². The summed E-state index contributed by atoms with van der Waals surface area (Å²) in [6, 6.07) is 14.7. The predicted molar refractivity (Wildman–Crippen MR) is 105 cm³/mol. The van der Waals surface area contributed by atoms with E-state index in [9.17, 15) is 10.1 Å². The molecule has 0 spiro atoms. The summed E-state index contributed by atoms with van der Waals surface area (Å²) in [7, 11) is 0. The number of non-ortho nitro benzene ring substituents is 1. The summed E-state index contributed by atoms with van der Waals surface area (Å²) < 4.78 is 5.43. The van der Waals surface area contributed by atoms with Crippen LogP contribution in [0.15, 0.2) is 53.1 Å². The second kappa shape index (κ2) is 7.77. The van der Waals surface area contributed by atoms with Crippen molar-refractivity contribution in [3.63, 3.8) is 0 Å². The lowest BCUT2D eigenvalue weighted by Crippen LogP contribution is -2.46. The van der Waals surface area contributed by atoms with Crippen LogP contribution in [0.2, 0.25) is 0 Å². The van der Waals surface area contributed by atoms with E-state index in [0.29, 0.717) is 18.3 Å². The van der Waals surface area contributed by atoms with Gasteiger partial charge in [-0.25, -0.2) is 0 Å². The lowest BCUT2D eigenvalue weighted by molar-refractivity contribution is -0.384. The number of aromatic nitrogens is 2. The van der Waals surface area contributed by atoms with E-state index in [1.807, 2.05) is 31.2 Å². The molecule has 0 atom stereocenters. The summed E-state index contributed by atoms with van der Waals surface area (Å²) in [5.74, 6) is 1.23. The van der Waals surface area contributed by atoms with Gasteiger partial charge in [0.15, 0.2) is 0 Å². The maximum absolute atomic E-state index is 10.8. The SMILES string of the molecule is Cc1cccc(-c2noc(CN3CCN(c4ccc([N+](=O)[O-])cc4)CC3)n2)c1. The van der Waals surface area contributed by atoms with Gasteiger partial charge in [-0.1, -0.05) is 28.9 Å². The zero-order valence-corrected chi connectivity index (χ0v) is 15.6. The standard InChI is InChI=1S/C20H21N5O3/c1-15-3-2-4-16(13-15)20-21-19(28-22-20)14-23-9-11-24(12-10-23)17-5-7-18(8-6-17)25(26)27/h2-8,13H,9-12,14H2,1H3. The molecule has 0 unspecified atom stereocenters. The molecule has 0 saturated carbocycles. The summed E-state index contributed by atoms with van der Waals surface area (Å²) in [6.45, 7) is 6.06. The first kappa shape index (κ1) is 18.1. The normalized spacial score (nSPS) is 15.0. The van der Waals surface area contributed by atoms with E-state index >= 15 is 0 Å². The third kappa shape index (κ3) is 4.01. The highest BCUT2D eigenvalue weighted by molar-refractivity contribution is 5.55. The van der Waals surface area contributed by atoms with E-state index in [1.54, 1.807) is 24.3 Å². The van der Waals surface area contributed by atoms with Gasteiger partial charge in [0.2, 0.25) is 11.7 Å². The average molecular weight is 379 g/mol. The topological polar surface area (TPSA) is 88.5 Å². The molecule has 0 bridgehead atoms. The molecule has 1 aliphatic heterocycles. The van der Waals surface area contributed by atoms with Crippen molar-refractivity contribution in [3.05, 3.63) is 70.1 Å². The average Bonchev–Trinajstić information content (AvgIpc) is 3.17. The number of nitro groups is 1. The zero-order valence-electron chi connectivity index (χ0n) is 15.6. The number of nitro benzene ring substituents is 1. The van der Waals surface area contributed by atoms with Crippen molar-refractivity contribution in [2.45, 2.75) is 13.5 Å². The first-order chi connectivity index (χ1) is 13.6. The number of hydrogen-bond acceptors (Lipinski definition) is 7. The van der Waals surface area contributed by atoms with Crippen LogP contribution in [0.25, 0.3) is 11.4 Å². The molecule has 0 aliphatic carbocycles. The summed E-state index contributed by atoms with van der Waals surface area (Å²) >= 11 is 0. The van der Waals surface area contributed by atoms with Gasteiger partial charge < -0.3 is 9.42 Å². The first-order valence-electron chi connectivity index (χ1n) is 9.20. The van der Waals surface area contributed by atoms with E-state index < -0.39 is 0 Å². The number of hydrogen-bond donors (Lipinski definition) is 0. The van der Waals surface area contributed by atoms with E-state index in [-0.39, 0.29) is 10.6 Å². The van der Waals surface area contributed by atoms with Crippen molar-refractivity contribution >= 4 is 11.4 Å². The monoisotopic (exact) mass is 379 g/mol. The molecule has 144 valence electrons. The van der Waals surface area contributed by atoms with Gasteiger partial charge in [-0.05, 0) is 25.1 Å². The van der Waals surface area contributed by atoms with Crippen molar-refractivity contribution in [1.82, 2.24) is 15.0 Å². The van der Waals surface area contributed by atoms with E-state index in [0.717, 1.165) is 43.0 Å². The van der Waals surface area contributed by atoms with Crippen LogP contribution >= 0.6 is 0 Å². The molecular weight excluding hydrogens is 358 g/mol. The Hall–Kier alpha value is -3.26. The highest BCUT2D eigenvalue weighted by Crippen LogP contribution is 2.22. The van der Waals surface area contributed by atoms with Gasteiger partial charge in [0.25, 0.3) is 5.69 Å². The molecule has 3 aromatic rings. The van der Waals surface area contributed by atoms with Gasteiger partial charge >= 0.3 is 0 Å². The molecule has 1 aliphatic rings. The van der Waals surface area contributed by atoms with Crippen molar-refractivity contribution in [3.8, 4) is 11.4 Å². The second-order valence-corrected chi connectivity index (χ2v) is 6.92. The van der Waals surface area contributed by atoms with Crippen LogP contribution in [0, 0.1) is 17.0 Å². The molecule has 0 amide bonds. The summed E-state index contributed by atoms with van der Waals surface area (Å²) in [6.07, 6.45) is 0. The molecule has 2 heterocycles. The fourth-order valence-corrected chi connectivity index (χ4v) is 3.36. The molecular formula is C20H21N5O3. The molecule has 8 nitrogen and oxygen atoms in total. The van der Waals surface area contributed by atoms with Crippen LogP contribution in [0.3, 0.4) is 0 Å². The van der Waals surface area contributed by atoms with Gasteiger partial charge in [0, 0.05) is 49.6 Å². The number of nitrogens with zero attached hydrogens (tertiary/aromatic N) is 5. The minimum absolute atomic E-state index is 0.114. The van der Waals surface area contributed by atoms with Crippen LogP contribution in [0.1, 0.15) is 11.5 Å². The Balaban J connectivity index is 1.34. The Morgan fingerprint density at radius 1 is 1.11 bits per heavy atom. The first-order valence-corrected chi connectivity index (χ1v) is 9.20. The van der Waals surface area contributed by atoms with Gasteiger partial charge in [-0.3, -0.25) is 15.0 Å². The van der Waals surface area contributed by atoms with Crippen molar-refractivity contribution in [2.75, 3.05) is 31.1 Å². The lowest BCUT2D eigenvalue weighted by Gasteiger charge is -2.35. The fourth-order valence-electron chi connectivity index (χ4n) is 3.36. The highest BCUT2D eigenvalue weighted by Gasteiger charge is 2.20. The Morgan fingerprint density at radius 3 is 2.54 bits per heavy atom. The highest BCUT2D eigenvalue weighted by atomic mass is 16.6. The fraction of sp³-hybridized carbons (Fsp3) is 0.300. The number of anilines is 1. The molecule has 1 saturated heterocycles. The number of benzene rings is 2. The summed E-state index contributed by atoms with van der Waals surface area (Å²) in [5.41, 5.74) is 3.23. The van der Waals surface area contributed by atoms with Gasteiger partial charge in [0.05, 0.1) is 11.5 Å². The third-order valence-electron chi connectivity index (χ3n) is 4.90. The van der Waals surface area contributed by atoms with Gasteiger partial charge in [-0.2, -0.15) is 4.98 Å².